The molecule has 0 aliphatic carbocycles. The topological polar surface area (TPSA) is 87.7 Å². The summed E-state index contributed by atoms with van der Waals surface area (Å²) in [6.07, 6.45) is -0.264. The van der Waals surface area contributed by atoms with Gasteiger partial charge in [-0.05, 0) is 67.6 Å². The lowest BCUT2D eigenvalue weighted by Gasteiger charge is -2.36. The van der Waals surface area contributed by atoms with E-state index in [2.05, 4.69) is 10.6 Å². The monoisotopic (exact) mass is 447 g/mol. The molecule has 0 bridgehead atoms. The molecule has 7 nitrogen and oxygen atoms in total. The molecule has 0 spiro atoms. The molecule has 3 aromatic carbocycles. The highest BCUT2D eigenvalue weighted by molar-refractivity contribution is 6.17. The van der Waals surface area contributed by atoms with Gasteiger partial charge in [-0.2, -0.15) is 0 Å². The lowest BCUT2D eigenvalue weighted by molar-refractivity contribution is -0.122. The van der Waals surface area contributed by atoms with Crippen LogP contribution in [0.5, 0.6) is 5.75 Å². The number of ether oxygens (including phenoxy) is 1. The first-order chi connectivity index (χ1) is 16.0. The molecule has 0 aromatic heterocycles. The van der Waals surface area contributed by atoms with Gasteiger partial charge in [0, 0.05) is 11.3 Å². The van der Waals surface area contributed by atoms with Crippen LogP contribution >= 0.6 is 0 Å². The molecule has 2 N–H and O–H groups in total. The van der Waals surface area contributed by atoms with Crippen LogP contribution in [0.15, 0.2) is 72.8 Å². The molecule has 3 amide bonds. The Morgan fingerprint density at radius 1 is 1.03 bits per heavy atom. The van der Waals surface area contributed by atoms with Crippen molar-refractivity contribution < 1.29 is 23.5 Å². The number of halogens is 1. The fraction of sp³-hybridized carbons (Fsp3) is 0.160. The number of hydrogen-bond donors (Lipinski definition) is 2. The Bertz CT molecular complexity index is 1180. The van der Waals surface area contributed by atoms with E-state index in [0.717, 1.165) is 0 Å². The number of carbonyl (C=O) groups is 3. The Balaban J connectivity index is 1.59. The second-order valence-corrected chi connectivity index (χ2v) is 7.41. The number of rotatable bonds is 6. The Kier molecular flexibility index (Phi) is 6.35. The summed E-state index contributed by atoms with van der Waals surface area (Å²) >= 11 is 0. The van der Waals surface area contributed by atoms with Gasteiger partial charge < -0.3 is 15.4 Å². The van der Waals surface area contributed by atoms with Crippen molar-refractivity contribution in [2.45, 2.75) is 19.4 Å². The number of hydrogen-bond acceptors (Lipinski definition) is 4. The van der Waals surface area contributed by atoms with Gasteiger partial charge in [0.15, 0.2) is 0 Å². The molecule has 33 heavy (non-hydrogen) atoms. The quantitative estimate of drug-likeness (QED) is 0.592. The second-order valence-electron chi connectivity index (χ2n) is 7.41. The fourth-order valence-electron chi connectivity index (χ4n) is 3.65. The maximum Gasteiger partial charge on any atom is 0.259 e. The van der Waals surface area contributed by atoms with E-state index in [4.69, 9.17) is 4.74 Å². The lowest BCUT2D eigenvalue weighted by Crippen LogP contribution is -2.52. The minimum absolute atomic E-state index is 0.206. The van der Waals surface area contributed by atoms with Crippen LogP contribution in [0, 0.1) is 5.82 Å². The molecule has 0 saturated carbocycles. The summed E-state index contributed by atoms with van der Waals surface area (Å²) in [7, 11) is 0. The average molecular weight is 447 g/mol. The Morgan fingerprint density at radius 3 is 2.42 bits per heavy atom. The number of nitrogens with one attached hydrogen (secondary N) is 2. The molecule has 0 saturated heterocycles. The molecule has 1 aliphatic heterocycles. The maximum absolute atomic E-state index is 13.4. The van der Waals surface area contributed by atoms with Crippen LogP contribution in [-0.4, -0.2) is 30.4 Å². The Labute approximate surface area is 190 Å². The highest BCUT2D eigenvalue weighted by Gasteiger charge is 2.38. The molecule has 1 heterocycles. The van der Waals surface area contributed by atoms with Gasteiger partial charge in [-0.25, -0.2) is 4.39 Å². The van der Waals surface area contributed by atoms with Crippen LogP contribution in [0.4, 0.5) is 21.5 Å². The van der Waals surface area contributed by atoms with Crippen molar-refractivity contribution >= 4 is 34.8 Å². The van der Waals surface area contributed by atoms with E-state index in [1.807, 2.05) is 6.92 Å². The number of amides is 3. The average Bonchev–Trinajstić information content (AvgIpc) is 2.81. The highest BCUT2D eigenvalue weighted by atomic mass is 19.1. The van der Waals surface area contributed by atoms with Crippen LogP contribution in [-0.2, 0) is 9.59 Å². The second kappa shape index (κ2) is 9.52. The first-order valence-corrected chi connectivity index (χ1v) is 10.5. The van der Waals surface area contributed by atoms with Gasteiger partial charge in [0.1, 0.15) is 17.6 Å². The molecule has 0 fully saturated rings. The van der Waals surface area contributed by atoms with Crippen LogP contribution in [0.25, 0.3) is 0 Å². The third-order valence-electron chi connectivity index (χ3n) is 5.17. The molecule has 1 atom stereocenters. The molecule has 8 heteroatoms. The minimum Gasteiger partial charge on any atom is -0.494 e. The van der Waals surface area contributed by atoms with Crippen molar-refractivity contribution in [3.05, 3.63) is 84.2 Å². The standard InChI is InChI=1S/C25H22FN3O4/c1-2-33-19-13-11-18(12-14-19)27-23(30)15-22-24(31)28-20-5-3-4-6-21(20)29(22)25(32)16-7-9-17(26)10-8-16/h3-14,22H,2,15H2,1H3,(H,27,30)(H,28,31). The van der Waals surface area contributed by atoms with Crippen molar-refractivity contribution in [2.75, 3.05) is 22.1 Å². The largest absolute Gasteiger partial charge is 0.494 e. The molecule has 3 aromatic rings. The zero-order valence-electron chi connectivity index (χ0n) is 17.9. The van der Waals surface area contributed by atoms with Crippen molar-refractivity contribution in [2.24, 2.45) is 0 Å². The first-order valence-electron chi connectivity index (χ1n) is 10.5. The SMILES string of the molecule is CCOc1ccc(NC(=O)CC2C(=O)Nc3ccccc3N2C(=O)c2ccc(F)cc2)cc1. The van der Waals surface area contributed by atoms with Crippen LogP contribution in [0.1, 0.15) is 23.7 Å². The Hall–Kier alpha value is -4.20. The number of anilines is 3. The summed E-state index contributed by atoms with van der Waals surface area (Å²) in [5.41, 5.74) is 1.67. The van der Waals surface area contributed by atoms with Crippen LogP contribution in [0.3, 0.4) is 0 Å². The van der Waals surface area contributed by atoms with Crippen molar-refractivity contribution in [1.82, 2.24) is 0 Å². The number of carbonyl (C=O) groups excluding carboxylic acids is 3. The predicted molar refractivity (Wildman–Crippen MR) is 123 cm³/mol. The van der Waals surface area contributed by atoms with E-state index < -0.39 is 29.6 Å². The van der Waals surface area contributed by atoms with Crippen molar-refractivity contribution in [3.8, 4) is 5.75 Å². The fourth-order valence-corrected chi connectivity index (χ4v) is 3.65. The summed E-state index contributed by atoms with van der Waals surface area (Å²) in [5.74, 6) is -1.22. The minimum atomic E-state index is -1.08. The Morgan fingerprint density at radius 2 is 1.73 bits per heavy atom. The van der Waals surface area contributed by atoms with E-state index in [1.165, 1.54) is 29.2 Å². The summed E-state index contributed by atoms with van der Waals surface area (Å²) in [6.45, 7) is 2.41. The van der Waals surface area contributed by atoms with E-state index in [1.54, 1.807) is 48.5 Å². The molecule has 1 aliphatic rings. The van der Waals surface area contributed by atoms with E-state index in [-0.39, 0.29) is 12.0 Å². The van der Waals surface area contributed by atoms with Gasteiger partial charge >= 0.3 is 0 Å². The highest BCUT2D eigenvalue weighted by Crippen LogP contribution is 2.34. The summed E-state index contributed by atoms with van der Waals surface area (Å²) < 4.78 is 18.8. The van der Waals surface area contributed by atoms with E-state index in [0.29, 0.717) is 29.4 Å². The van der Waals surface area contributed by atoms with Gasteiger partial charge in [-0.15, -0.1) is 0 Å². The van der Waals surface area contributed by atoms with Gasteiger partial charge in [-0.3, -0.25) is 19.3 Å². The van der Waals surface area contributed by atoms with Crippen LogP contribution < -0.4 is 20.3 Å². The van der Waals surface area contributed by atoms with Crippen molar-refractivity contribution in [3.63, 3.8) is 0 Å². The summed E-state index contributed by atoms with van der Waals surface area (Å²) in [5, 5.41) is 5.50. The molecule has 1 unspecified atom stereocenters. The predicted octanol–water partition coefficient (Wildman–Crippen LogP) is 4.22. The van der Waals surface area contributed by atoms with E-state index in [9.17, 15) is 18.8 Å². The molecular weight excluding hydrogens is 425 g/mol. The molecule has 0 radical (unpaired) electrons. The maximum atomic E-state index is 13.4. The van der Waals surface area contributed by atoms with Gasteiger partial charge in [0.05, 0.1) is 24.4 Å². The van der Waals surface area contributed by atoms with Crippen molar-refractivity contribution in [1.29, 1.82) is 0 Å². The zero-order chi connectivity index (χ0) is 23.4. The third-order valence-corrected chi connectivity index (χ3v) is 5.17. The van der Waals surface area contributed by atoms with Gasteiger partial charge in [0.25, 0.3) is 5.91 Å². The number of para-hydroxylation sites is 2. The number of fused-ring (bicyclic) bond motifs is 1. The first kappa shape index (κ1) is 22.0. The summed E-state index contributed by atoms with van der Waals surface area (Å²) in [6, 6.07) is 17.7. The third kappa shape index (κ3) is 4.85. The lowest BCUT2D eigenvalue weighted by atomic mass is 10.0. The van der Waals surface area contributed by atoms with Gasteiger partial charge in [0.2, 0.25) is 11.8 Å². The van der Waals surface area contributed by atoms with Crippen LogP contribution in [0.2, 0.25) is 0 Å². The summed E-state index contributed by atoms with van der Waals surface area (Å²) in [4.78, 5) is 40.3. The molecular formula is C25H22FN3O4. The zero-order valence-corrected chi connectivity index (χ0v) is 17.9. The molecule has 168 valence electrons. The molecule has 4 rings (SSSR count). The normalized spacial score (nSPS) is 14.8. The van der Waals surface area contributed by atoms with E-state index >= 15 is 0 Å². The number of benzene rings is 3. The number of nitrogens with zero attached hydrogens (tertiary/aromatic N) is 1. The van der Waals surface area contributed by atoms with Gasteiger partial charge in [-0.1, -0.05) is 12.1 Å². The smallest absolute Gasteiger partial charge is 0.259 e.